The molecule has 150 valence electrons. The molecule has 1 aliphatic heterocycles. The third-order valence-electron chi connectivity index (χ3n) is 4.36. The van der Waals surface area contributed by atoms with E-state index in [0.717, 1.165) is 18.8 Å². The summed E-state index contributed by atoms with van der Waals surface area (Å²) in [6.07, 6.45) is 1.74. The van der Waals surface area contributed by atoms with Crippen molar-refractivity contribution in [3.63, 3.8) is 0 Å². The van der Waals surface area contributed by atoms with E-state index in [9.17, 15) is 4.79 Å². The van der Waals surface area contributed by atoms with Crippen molar-refractivity contribution in [3.05, 3.63) is 52.3 Å². The summed E-state index contributed by atoms with van der Waals surface area (Å²) >= 11 is 12.4. The highest BCUT2D eigenvalue weighted by molar-refractivity contribution is 6.37. The maximum atomic E-state index is 11.8. The first-order chi connectivity index (χ1) is 14.0. The molecule has 29 heavy (non-hydrogen) atoms. The van der Waals surface area contributed by atoms with Crippen LogP contribution in [0.4, 0.5) is 17.3 Å². The first-order valence-corrected chi connectivity index (χ1v) is 9.56. The van der Waals surface area contributed by atoms with Gasteiger partial charge in [-0.25, -0.2) is 4.98 Å². The van der Waals surface area contributed by atoms with Gasteiger partial charge in [0.25, 0.3) is 5.91 Å². The number of halogens is 2. The summed E-state index contributed by atoms with van der Waals surface area (Å²) < 4.78 is 5.36. The highest BCUT2D eigenvalue weighted by Gasteiger charge is 2.20. The number of morpholine rings is 1. The summed E-state index contributed by atoms with van der Waals surface area (Å²) in [5, 5.41) is 12.1. The van der Waals surface area contributed by atoms with Crippen LogP contribution in [0.1, 0.15) is 10.5 Å². The SMILES string of the molecule is NC(=O)c1nn(-c2c(Cl)cccc2Cl)nc1Nc1ccc(N2CCOCC2)cn1. The van der Waals surface area contributed by atoms with Gasteiger partial charge < -0.3 is 20.7 Å². The van der Waals surface area contributed by atoms with E-state index in [-0.39, 0.29) is 11.5 Å². The minimum absolute atomic E-state index is 0.0555. The van der Waals surface area contributed by atoms with Crippen LogP contribution in [0.25, 0.3) is 5.69 Å². The molecule has 0 saturated carbocycles. The molecule has 1 fully saturated rings. The number of aromatic nitrogens is 4. The number of para-hydroxylation sites is 1. The summed E-state index contributed by atoms with van der Waals surface area (Å²) in [7, 11) is 0. The minimum Gasteiger partial charge on any atom is -0.378 e. The number of pyridine rings is 1. The quantitative estimate of drug-likeness (QED) is 0.635. The molecule has 0 spiro atoms. The lowest BCUT2D eigenvalue weighted by Gasteiger charge is -2.28. The Bertz CT molecular complexity index is 1010. The maximum absolute atomic E-state index is 11.8. The molecular formula is C18H17Cl2N7O2. The zero-order valence-electron chi connectivity index (χ0n) is 15.2. The molecule has 0 bridgehead atoms. The number of benzene rings is 1. The first kappa shape index (κ1) is 19.4. The van der Waals surface area contributed by atoms with E-state index < -0.39 is 5.91 Å². The smallest absolute Gasteiger partial charge is 0.273 e. The second kappa shape index (κ2) is 8.24. The fourth-order valence-electron chi connectivity index (χ4n) is 2.93. The monoisotopic (exact) mass is 433 g/mol. The number of nitrogens with one attached hydrogen (secondary N) is 1. The van der Waals surface area contributed by atoms with Crippen LogP contribution < -0.4 is 16.0 Å². The van der Waals surface area contributed by atoms with Crippen molar-refractivity contribution in [3.8, 4) is 5.69 Å². The summed E-state index contributed by atoms with van der Waals surface area (Å²) in [5.41, 5.74) is 6.74. The van der Waals surface area contributed by atoms with Crippen molar-refractivity contribution in [1.29, 1.82) is 0 Å². The fourth-order valence-corrected chi connectivity index (χ4v) is 3.48. The number of carbonyl (C=O) groups is 1. The van der Waals surface area contributed by atoms with E-state index in [1.807, 2.05) is 6.07 Å². The van der Waals surface area contributed by atoms with E-state index in [2.05, 4.69) is 25.4 Å². The molecule has 0 aliphatic carbocycles. The number of carbonyl (C=O) groups excluding carboxylic acids is 1. The molecule has 1 aromatic carbocycles. The van der Waals surface area contributed by atoms with Gasteiger partial charge in [-0.2, -0.15) is 0 Å². The predicted octanol–water partition coefficient (Wildman–Crippen LogP) is 2.65. The molecule has 11 heteroatoms. The number of nitrogens with two attached hydrogens (primary N) is 1. The Kier molecular flexibility index (Phi) is 5.52. The number of rotatable bonds is 5. The number of ether oxygens (including phenoxy) is 1. The van der Waals surface area contributed by atoms with Crippen LogP contribution in [-0.2, 0) is 4.74 Å². The molecule has 0 unspecified atom stereocenters. The second-order valence-electron chi connectivity index (χ2n) is 6.25. The van der Waals surface area contributed by atoms with Crippen molar-refractivity contribution < 1.29 is 9.53 Å². The molecular weight excluding hydrogens is 417 g/mol. The highest BCUT2D eigenvalue weighted by atomic mass is 35.5. The molecule has 1 saturated heterocycles. The first-order valence-electron chi connectivity index (χ1n) is 8.80. The number of hydrogen-bond donors (Lipinski definition) is 2. The Morgan fingerprint density at radius 2 is 1.83 bits per heavy atom. The Morgan fingerprint density at radius 3 is 2.45 bits per heavy atom. The third kappa shape index (κ3) is 4.12. The molecule has 2 aromatic heterocycles. The van der Waals surface area contributed by atoms with Crippen LogP contribution in [0, 0.1) is 0 Å². The standard InChI is InChI=1S/C18H17Cl2N7O2/c19-12-2-1-3-13(20)16(12)27-24-15(17(21)28)18(25-27)23-14-5-4-11(10-22-14)26-6-8-29-9-7-26/h1-5,10H,6-9H2,(H2,21,28)(H,22,23,25). The number of anilines is 3. The largest absolute Gasteiger partial charge is 0.378 e. The molecule has 3 heterocycles. The van der Waals surface area contributed by atoms with E-state index in [1.54, 1.807) is 30.5 Å². The van der Waals surface area contributed by atoms with Crippen molar-refractivity contribution in [2.24, 2.45) is 5.73 Å². The van der Waals surface area contributed by atoms with Gasteiger partial charge >= 0.3 is 0 Å². The summed E-state index contributed by atoms with van der Waals surface area (Å²) in [6.45, 7) is 3.01. The van der Waals surface area contributed by atoms with Gasteiger partial charge in [-0.1, -0.05) is 29.3 Å². The molecule has 3 N–H and O–H groups in total. The zero-order chi connectivity index (χ0) is 20.4. The maximum Gasteiger partial charge on any atom is 0.273 e. The average Bonchev–Trinajstić information content (AvgIpc) is 3.13. The lowest BCUT2D eigenvalue weighted by atomic mass is 10.3. The van der Waals surface area contributed by atoms with Gasteiger partial charge in [-0.05, 0) is 24.3 Å². The van der Waals surface area contributed by atoms with Crippen LogP contribution in [0.2, 0.25) is 10.0 Å². The van der Waals surface area contributed by atoms with Gasteiger partial charge in [0.2, 0.25) is 0 Å². The van der Waals surface area contributed by atoms with E-state index in [4.69, 9.17) is 33.7 Å². The van der Waals surface area contributed by atoms with Gasteiger partial charge in [0.1, 0.15) is 11.5 Å². The molecule has 9 nitrogen and oxygen atoms in total. The summed E-state index contributed by atoms with van der Waals surface area (Å²) in [5.74, 6) is -0.103. The van der Waals surface area contributed by atoms with Gasteiger partial charge in [0.05, 0.1) is 35.1 Å². The van der Waals surface area contributed by atoms with Gasteiger partial charge in [0, 0.05) is 13.1 Å². The van der Waals surface area contributed by atoms with Crippen molar-refractivity contribution in [1.82, 2.24) is 20.0 Å². The van der Waals surface area contributed by atoms with Gasteiger partial charge in [-0.3, -0.25) is 4.79 Å². The summed E-state index contributed by atoms with van der Waals surface area (Å²) in [6, 6.07) is 8.72. The zero-order valence-corrected chi connectivity index (χ0v) is 16.7. The second-order valence-corrected chi connectivity index (χ2v) is 7.06. The Labute approximate surface area is 176 Å². The summed E-state index contributed by atoms with van der Waals surface area (Å²) in [4.78, 5) is 19.6. The third-order valence-corrected chi connectivity index (χ3v) is 4.97. The van der Waals surface area contributed by atoms with Crippen LogP contribution in [0.3, 0.4) is 0 Å². The fraction of sp³-hybridized carbons (Fsp3) is 0.222. The topological polar surface area (TPSA) is 111 Å². The predicted molar refractivity (Wildman–Crippen MR) is 110 cm³/mol. The highest BCUT2D eigenvalue weighted by Crippen LogP contribution is 2.28. The van der Waals surface area contributed by atoms with Crippen molar-refractivity contribution >= 4 is 46.4 Å². The van der Waals surface area contributed by atoms with Crippen LogP contribution in [0.5, 0.6) is 0 Å². The van der Waals surface area contributed by atoms with Crippen molar-refractivity contribution in [2.45, 2.75) is 0 Å². The average molecular weight is 434 g/mol. The van der Waals surface area contributed by atoms with E-state index in [0.29, 0.717) is 34.8 Å². The molecule has 0 atom stereocenters. The minimum atomic E-state index is -0.744. The van der Waals surface area contributed by atoms with Gasteiger partial charge in [-0.15, -0.1) is 15.0 Å². The molecule has 3 aromatic rings. The lowest BCUT2D eigenvalue weighted by molar-refractivity contribution is 0.0996. The molecule has 1 aliphatic rings. The van der Waals surface area contributed by atoms with Crippen molar-refractivity contribution in [2.75, 3.05) is 36.5 Å². The Morgan fingerprint density at radius 1 is 1.10 bits per heavy atom. The lowest BCUT2D eigenvalue weighted by Crippen LogP contribution is -2.36. The number of hydrogen-bond acceptors (Lipinski definition) is 7. The Balaban J connectivity index is 1.61. The molecule has 0 radical (unpaired) electrons. The van der Waals surface area contributed by atoms with Crippen LogP contribution in [-0.4, -0.2) is 52.2 Å². The van der Waals surface area contributed by atoms with Crippen LogP contribution in [0.15, 0.2) is 36.5 Å². The molecule has 4 rings (SSSR count). The number of amides is 1. The molecule has 1 amide bonds. The van der Waals surface area contributed by atoms with E-state index in [1.165, 1.54) is 4.80 Å². The van der Waals surface area contributed by atoms with Gasteiger partial charge in [0.15, 0.2) is 11.5 Å². The van der Waals surface area contributed by atoms with E-state index >= 15 is 0 Å². The van der Waals surface area contributed by atoms with Crippen LogP contribution >= 0.6 is 23.2 Å². The Hall–Kier alpha value is -2.88. The number of nitrogens with zero attached hydrogens (tertiary/aromatic N) is 5. The number of primary amides is 1. The normalized spacial score (nSPS) is 14.1.